The summed E-state index contributed by atoms with van der Waals surface area (Å²) in [6, 6.07) is 3.46. The highest BCUT2D eigenvalue weighted by Crippen LogP contribution is 2.33. The minimum absolute atomic E-state index is 0.274. The summed E-state index contributed by atoms with van der Waals surface area (Å²) in [6.07, 6.45) is 0. The summed E-state index contributed by atoms with van der Waals surface area (Å²) in [5, 5.41) is 7.56. The number of aromatic nitrogens is 2. The maximum Gasteiger partial charge on any atom is 0.276 e. The van der Waals surface area contributed by atoms with E-state index >= 15 is 0 Å². The van der Waals surface area contributed by atoms with Crippen LogP contribution in [0.1, 0.15) is 21.7 Å². The number of carbonyl (C=O) groups excluding carboxylic acids is 1. The van der Waals surface area contributed by atoms with E-state index in [0.29, 0.717) is 27.1 Å². The van der Waals surface area contributed by atoms with Crippen molar-refractivity contribution in [2.24, 2.45) is 7.05 Å². The molecule has 1 aromatic heterocycles. The molecule has 0 aliphatic heterocycles. The summed E-state index contributed by atoms with van der Waals surface area (Å²) in [5.74, 6) is -0.403. The highest BCUT2D eigenvalue weighted by Gasteiger charge is 2.20. The van der Waals surface area contributed by atoms with Crippen LogP contribution in [0.3, 0.4) is 0 Å². The molecule has 0 unspecified atom stereocenters. The number of hydrogen-bond acceptors (Lipinski definition) is 3. The molecule has 2 aromatic rings. The summed E-state index contributed by atoms with van der Waals surface area (Å²) < 4.78 is 1.43. The third kappa shape index (κ3) is 2.46. The molecule has 2 rings (SSSR count). The van der Waals surface area contributed by atoms with Crippen molar-refractivity contribution in [3.05, 3.63) is 39.1 Å². The number of hydrogen-bond donors (Lipinski definition) is 2. The molecule has 0 radical (unpaired) electrons. The molecule has 1 amide bonds. The Morgan fingerprint density at radius 3 is 2.55 bits per heavy atom. The monoisotopic (exact) mass is 312 g/mol. The van der Waals surface area contributed by atoms with Crippen molar-refractivity contribution in [1.29, 1.82) is 0 Å². The molecule has 106 valence electrons. The first-order valence-electron chi connectivity index (χ1n) is 5.88. The Morgan fingerprint density at radius 2 is 2.00 bits per heavy atom. The van der Waals surface area contributed by atoms with Crippen LogP contribution in [0.4, 0.5) is 11.4 Å². The number of benzene rings is 1. The van der Waals surface area contributed by atoms with Crippen LogP contribution in [0, 0.1) is 13.8 Å². The summed E-state index contributed by atoms with van der Waals surface area (Å²) in [7, 11) is 1.65. The molecule has 5 nitrogen and oxygen atoms in total. The highest BCUT2D eigenvalue weighted by molar-refractivity contribution is 6.40. The van der Waals surface area contributed by atoms with Crippen molar-refractivity contribution < 1.29 is 4.79 Å². The van der Waals surface area contributed by atoms with E-state index in [2.05, 4.69) is 10.4 Å². The van der Waals surface area contributed by atoms with Gasteiger partial charge in [0.05, 0.1) is 27.1 Å². The Hall–Kier alpha value is -1.72. The van der Waals surface area contributed by atoms with Crippen LogP contribution in [-0.2, 0) is 7.05 Å². The Kier molecular flexibility index (Phi) is 3.92. The van der Waals surface area contributed by atoms with Gasteiger partial charge in [0.1, 0.15) is 5.69 Å². The molecule has 1 aromatic carbocycles. The Labute approximate surface area is 126 Å². The SMILES string of the molecule is Cc1ccc(Cl)c(NC(=O)c2c(N)c(C)nn2C)c1Cl. The molecule has 0 saturated carbocycles. The predicted molar refractivity (Wildman–Crippen MR) is 81.5 cm³/mol. The lowest BCUT2D eigenvalue weighted by molar-refractivity contribution is 0.101. The number of aryl methyl sites for hydroxylation is 3. The zero-order chi connectivity index (χ0) is 15.0. The number of anilines is 2. The van der Waals surface area contributed by atoms with E-state index in [1.54, 1.807) is 26.1 Å². The van der Waals surface area contributed by atoms with E-state index in [1.165, 1.54) is 4.68 Å². The van der Waals surface area contributed by atoms with Gasteiger partial charge in [-0.1, -0.05) is 29.3 Å². The fourth-order valence-electron chi connectivity index (χ4n) is 1.89. The molecule has 0 fully saturated rings. The Balaban J connectivity index is 2.40. The minimum atomic E-state index is -0.403. The van der Waals surface area contributed by atoms with E-state index in [9.17, 15) is 4.79 Å². The van der Waals surface area contributed by atoms with Gasteiger partial charge in [0.25, 0.3) is 5.91 Å². The second-order valence-corrected chi connectivity index (χ2v) is 5.26. The van der Waals surface area contributed by atoms with Gasteiger partial charge in [0.15, 0.2) is 0 Å². The van der Waals surface area contributed by atoms with Crippen LogP contribution >= 0.6 is 23.2 Å². The quantitative estimate of drug-likeness (QED) is 0.894. The number of nitrogens with two attached hydrogens (primary N) is 1. The van der Waals surface area contributed by atoms with Gasteiger partial charge in [-0.15, -0.1) is 0 Å². The van der Waals surface area contributed by atoms with Gasteiger partial charge < -0.3 is 11.1 Å². The van der Waals surface area contributed by atoms with Gasteiger partial charge in [0, 0.05) is 7.05 Å². The number of carbonyl (C=O) groups is 1. The molecule has 0 aliphatic rings. The third-order valence-corrected chi connectivity index (χ3v) is 3.81. The van der Waals surface area contributed by atoms with Crippen LogP contribution in [0.5, 0.6) is 0 Å². The van der Waals surface area contributed by atoms with Crippen molar-refractivity contribution in [1.82, 2.24) is 9.78 Å². The molecule has 0 aliphatic carbocycles. The Bertz CT molecular complexity index is 694. The van der Waals surface area contributed by atoms with E-state index < -0.39 is 5.91 Å². The number of nitrogens with one attached hydrogen (secondary N) is 1. The normalized spacial score (nSPS) is 10.7. The maximum atomic E-state index is 12.3. The van der Waals surface area contributed by atoms with Crippen molar-refractivity contribution in [2.75, 3.05) is 11.1 Å². The minimum Gasteiger partial charge on any atom is -0.395 e. The first-order valence-corrected chi connectivity index (χ1v) is 6.63. The second-order valence-electron chi connectivity index (χ2n) is 4.48. The smallest absolute Gasteiger partial charge is 0.276 e. The molecule has 1 heterocycles. The molecule has 0 spiro atoms. The van der Waals surface area contributed by atoms with Gasteiger partial charge in [0.2, 0.25) is 0 Å². The lowest BCUT2D eigenvalue weighted by Gasteiger charge is -2.11. The number of nitrogen functional groups attached to an aromatic ring is 1. The molecule has 20 heavy (non-hydrogen) atoms. The molecule has 0 atom stereocenters. The highest BCUT2D eigenvalue weighted by atomic mass is 35.5. The number of rotatable bonds is 2. The van der Waals surface area contributed by atoms with Crippen LogP contribution in [-0.4, -0.2) is 15.7 Å². The largest absolute Gasteiger partial charge is 0.395 e. The van der Waals surface area contributed by atoms with Gasteiger partial charge in [-0.25, -0.2) is 0 Å². The average Bonchev–Trinajstić information content (AvgIpc) is 2.63. The van der Waals surface area contributed by atoms with E-state index in [1.807, 2.05) is 6.92 Å². The molecule has 0 bridgehead atoms. The van der Waals surface area contributed by atoms with Crippen molar-refractivity contribution in [2.45, 2.75) is 13.8 Å². The number of halogens is 2. The van der Waals surface area contributed by atoms with Crippen molar-refractivity contribution in [3.8, 4) is 0 Å². The van der Waals surface area contributed by atoms with E-state index in [-0.39, 0.29) is 5.69 Å². The van der Waals surface area contributed by atoms with Gasteiger partial charge >= 0.3 is 0 Å². The fraction of sp³-hybridized carbons (Fsp3) is 0.231. The van der Waals surface area contributed by atoms with Crippen LogP contribution < -0.4 is 11.1 Å². The zero-order valence-electron chi connectivity index (χ0n) is 11.3. The standard InChI is InChI=1S/C13H14Cl2N4O/c1-6-4-5-8(14)11(9(6)15)17-13(20)12-10(16)7(2)18-19(12)3/h4-5H,16H2,1-3H3,(H,17,20). The predicted octanol–water partition coefficient (Wildman–Crippen LogP) is 3.18. The van der Waals surface area contributed by atoms with Gasteiger partial charge in [-0.3, -0.25) is 9.48 Å². The number of amides is 1. The molecule has 7 heteroatoms. The van der Waals surface area contributed by atoms with Crippen LogP contribution in [0.15, 0.2) is 12.1 Å². The topological polar surface area (TPSA) is 72.9 Å². The molecule has 3 N–H and O–H groups in total. The third-order valence-electron chi connectivity index (χ3n) is 3.01. The van der Waals surface area contributed by atoms with Gasteiger partial charge in [-0.2, -0.15) is 5.10 Å². The number of nitrogens with zero attached hydrogens (tertiary/aromatic N) is 2. The summed E-state index contributed by atoms with van der Waals surface area (Å²) >= 11 is 12.2. The molecular formula is C13H14Cl2N4O. The maximum absolute atomic E-state index is 12.3. The summed E-state index contributed by atoms with van der Waals surface area (Å²) in [4.78, 5) is 12.3. The van der Waals surface area contributed by atoms with Gasteiger partial charge in [-0.05, 0) is 25.5 Å². The molecule has 0 saturated heterocycles. The average molecular weight is 313 g/mol. The van der Waals surface area contributed by atoms with Crippen molar-refractivity contribution >= 4 is 40.5 Å². The van der Waals surface area contributed by atoms with Crippen LogP contribution in [0.2, 0.25) is 10.0 Å². The van der Waals surface area contributed by atoms with E-state index in [4.69, 9.17) is 28.9 Å². The van der Waals surface area contributed by atoms with E-state index in [0.717, 1.165) is 5.56 Å². The lowest BCUT2D eigenvalue weighted by atomic mass is 10.2. The summed E-state index contributed by atoms with van der Waals surface area (Å²) in [6.45, 7) is 3.57. The summed E-state index contributed by atoms with van der Waals surface area (Å²) in [5.41, 5.74) is 8.25. The Morgan fingerprint density at radius 1 is 1.35 bits per heavy atom. The molecular weight excluding hydrogens is 299 g/mol. The van der Waals surface area contributed by atoms with Crippen LogP contribution in [0.25, 0.3) is 0 Å². The fourth-order valence-corrected chi connectivity index (χ4v) is 2.35. The lowest BCUT2D eigenvalue weighted by Crippen LogP contribution is -2.18. The van der Waals surface area contributed by atoms with Crippen molar-refractivity contribution in [3.63, 3.8) is 0 Å². The second kappa shape index (κ2) is 5.34. The first kappa shape index (κ1) is 14.7. The zero-order valence-corrected chi connectivity index (χ0v) is 12.8. The first-order chi connectivity index (χ1) is 9.32.